The van der Waals surface area contributed by atoms with E-state index >= 15 is 0 Å². The molecule has 0 aliphatic heterocycles. The SMILES string of the molecule is CCOC(=O)C(C)COc1ccc(NCCCOc2ccc(C(=O)OC)cc2)cc1. The Morgan fingerprint density at radius 2 is 1.60 bits per heavy atom. The van der Waals surface area contributed by atoms with Gasteiger partial charge in [-0.15, -0.1) is 0 Å². The van der Waals surface area contributed by atoms with Crippen LogP contribution in [0.1, 0.15) is 30.6 Å². The maximum Gasteiger partial charge on any atom is 0.337 e. The van der Waals surface area contributed by atoms with Gasteiger partial charge in [-0.05, 0) is 68.8 Å². The van der Waals surface area contributed by atoms with Crippen LogP contribution < -0.4 is 14.8 Å². The van der Waals surface area contributed by atoms with Gasteiger partial charge in [0.05, 0.1) is 31.8 Å². The quantitative estimate of drug-likeness (QED) is 0.415. The number of rotatable bonds is 12. The van der Waals surface area contributed by atoms with Crippen LogP contribution in [0.3, 0.4) is 0 Å². The lowest BCUT2D eigenvalue weighted by Crippen LogP contribution is -2.21. The zero-order chi connectivity index (χ0) is 21.8. The van der Waals surface area contributed by atoms with Gasteiger partial charge in [-0.2, -0.15) is 0 Å². The third-order valence-electron chi connectivity index (χ3n) is 4.24. The maximum absolute atomic E-state index is 11.6. The van der Waals surface area contributed by atoms with Gasteiger partial charge >= 0.3 is 11.9 Å². The number of hydrogen-bond acceptors (Lipinski definition) is 7. The summed E-state index contributed by atoms with van der Waals surface area (Å²) in [6.45, 7) is 5.52. The summed E-state index contributed by atoms with van der Waals surface area (Å²) in [5.74, 6) is 0.490. The fraction of sp³-hybridized carbons (Fsp3) is 0.391. The molecule has 0 radical (unpaired) electrons. The molecule has 7 nitrogen and oxygen atoms in total. The number of ether oxygens (including phenoxy) is 4. The largest absolute Gasteiger partial charge is 0.494 e. The third kappa shape index (κ3) is 7.66. The molecule has 162 valence electrons. The molecule has 1 atom stereocenters. The molecule has 0 aliphatic carbocycles. The van der Waals surface area contributed by atoms with Crippen molar-refractivity contribution in [1.29, 1.82) is 0 Å². The van der Waals surface area contributed by atoms with E-state index in [1.165, 1.54) is 7.11 Å². The highest BCUT2D eigenvalue weighted by molar-refractivity contribution is 5.89. The van der Waals surface area contributed by atoms with Gasteiger partial charge in [-0.1, -0.05) is 0 Å². The molecular weight excluding hydrogens is 386 g/mol. The first-order valence-corrected chi connectivity index (χ1v) is 9.98. The smallest absolute Gasteiger partial charge is 0.337 e. The van der Waals surface area contributed by atoms with Crippen LogP contribution in [0, 0.1) is 5.92 Å². The molecule has 2 rings (SSSR count). The van der Waals surface area contributed by atoms with Crippen LogP contribution in [0.4, 0.5) is 5.69 Å². The summed E-state index contributed by atoms with van der Waals surface area (Å²) in [6.07, 6.45) is 0.814. The molecule has 0 amide bonds. The van der Waals surface area contributed by atoms with Gasteiger partial charge in [0.1, 0.15) is 18.1 Å². The zero-order valence-electron chi connectivity index (χ0n) is 17.7. The molecule has 1 unspecified atom stereocenters. The van der Waals surface area contributed by atoms with E-state index in [4.69, 9.17) is 14.2 Å². The maximum atomic E-state index is 11.6. The monoisotopic (exact) mass is 415 g/mol. The lowest BCUT2D eigenvalue weighted by Gasteiger charge is -2.13. The fourth-order valence-corrected chi connectivity index (χ4v) is 2.54. The highest BCUT2D eigenvalue weighted by Gasteiger charge is 2.14. The van der Waals surface area contributed by atoms with Crippen LogP contribution in [-0.2, 0) is 14.3 Å². The van der Waals surface area contributed by atoms with E-state index in [9.17, 15) is 9.59 Å². The van der Waals surface area contributed by atoms with Gasteiger partial charge in [0.25, 0.3) is 0 Å². The minimum absolute atomic E-state index is 0.252. The molecular formula is C23H29NO6. The third-order valence-corrected chi connectivity index (χ3v) is 4.24. The normalized spacial score (nSPS) is 11.3. The summed E-state index contributed by atoms with van der Waals surface area (Å²) < 4.78 is 20.9. The molecule has 0 heterocycles. The van der Waals surface area contributed by atoms with Crippen molar-refractivity contribution in [3.63, 3.8) is 0 Å². The number of benzene rings is 2. The van der Waals surface area contributed by atoms with Crippen molar-refractivity contribution in [2.45, 2.75) is 20.3 Å². The Kier molecular flexibility index (Phi) is 9.51. The Morgan fingerprint density at radius 3 is 2.23 bits per heavy atom. The first-order chi connectivity index (χ1) is 14.5. The van der Waals surface area contributed by atoms with Crippen molar-refractivity contribution in [3.05, 3.63) is 54.1 Å². The number of methoxy groups -OCH3 is 1. The summed E-state index contributed by atoms with van der Waals surface area (Å²) in [6, 6.07) is 14.4. The van der Waals surface area contributed by atoms with Crippen molar-refractivity contribution in [1.82, 2.24) is 0 Å². The van der Waals surface area contributed by atoms with Crippen LogP contribution in [0.2, 0.25) is 0 Å². The molecule has 0 fully saturated rings. The van der Waals surface area contributed by atoms with Gasteiger partial charge in [-0.25, -0.2) is 4.79 Å². The minimum Gasteiger partial charge on any atom is -0.494 e. The molecule has 2 aromatic rings. The highest BCUT2D eigenvalue weighted by Crippen LogP contribution is 2.17. The predicted molar refractivity (Wildman–Crippen MR) is 114 cm³/mol. The Bertz CT molecular complexity index is 788. The predicted octanol–water partition coefficient (Wildman–Crippen LogP) is 3.93. The van der Waals surface area contributed by atoms with Crippen molar-refractivity contribution in [2.24, 2.45) is 5.92 Å². The molecule has 0 saturated carbocycles. The number of nitrogens with one attached hydrogen (secondary N) is 1. The summed E-state index contributed by atoms with van der Waals surface area (Å²) >= 11 is 0. The van der Waals surface area contributed by atoms with Gasteiger partial charge < -0.3 is 24.3 Å². The fourth-order valence-electron chi connectivity index (χ4n) is 2.54. The minimum atomic E-state index is -0.365. The summed E-state index contributed by atoms with van der Waals surface area (Å²) in [7, 11) is 1.35. The molecule has 1 N–H and O–H groups in total. The Balaban J connectivity index is 1.64. The van der Waals surface area contributed by atoms with Crippen LogP contribution in [-0.4, -0.2) is 45.4 Å². The van der Waals surface area contributed by atoms with E-state index in [0.717, 1.165) is 18.7 Å². The average molecular weight is 415 g/mol. The average Bonchev–Trinajstić information content (AvgIpc) is 2.78. The second-order valence-corrected chi connectivity index (χ2v) is 6.63. The summed E-state index contributed by atoms with van der Waals surface area (Å²) in [5, 5.41) is 3.32. The van der Waals surface area contributed by atoms with E-state index in [-0.39, 0.29) is 24.5 Å². The topological polar surface area (TPSA) is 83.1 Å². The van der Waals surface area contributed by atoms with Crippen LogP contribution >= 0.6 is 0 Å². The van der Waals surface area contributed by atoms with E-state index in [2.05, 4.69) is 10.1 Å². The molecule has 7 heteroatoms. The van der Waals surface area contributed by atoms with E-state index in [1.54, 1.807) is 38.1 Å². The number of anilines is 1. The number of hydrogen-bond donors (Lipinski definition) is 1. The van der Waals surface area contributed by atoms with Gasteiger partial charge in [0, 0.05) is 12.2 Å². The first-order valence-electron chi connectivity index (χ1n) is 9.98. The molecule has 0 saturated heterocycles. The van der Waals surface area contributed by atoms with Crippen LogP contribution in [0.5, 0.6) is 11.5 Å². The molecule has 0 aliphatic rings. The van der Waals surface area contributed by atoms with E-state index in [1.807, 2.05) is 24.3 Å². The summed E-state index contributed by atoms with van der Waals surface area (Å²) in [5.41, 5.74) is 1.47. The van der Waals surface area contributed by atoms with Crippen molar-refractivity contribution in [2.75, 3.05) is 38.8 Å². The molecule has 0 bridgehead atoms. The van der Waals surface area contributed by atoms with Gasteiger partial charge in [0.2, 0.25) is 0 Å². The molecule has 30 heavy (non-hydrogen) atoms. The molecule has 0 spiro atoms. The standard InChI is InChI=1S/C23H29NO6/c1-4-28-22(25)17(2)16-30-21-12-8-19(9-13-21)24-14-5-15-29-20-10-6-18(7-11-20)23(26)27-3/h6-13,17,24H,4-5,14-16H2,1-3H3. The second kappa shape index (κ2) is 12.4. The zero-order valence-corrected chi connectivity index (χ0v) is 17.7. The van der Waals surface area contributed by atoms with Crippen molar-refractivity contribution in [3.8, 4) is 11.5 Å². The van der Waals surface area contributed by atoms with E-state index < -0.39 is 0 Å². The Morgan fingerprint density at radius 1 is 0.967 bits per heavy atom. The number of carbonyl (C=O) groups is 2. The second-order valence-electron chi connectivity index (χ2n) is 6.63. The highest BCUT2D eigenvalue weighted by atomic mass is 16.5. The van der Waals surface area contributed by atoms with Crippen molar-refractivity contribution < 1.29 is 28.5 Å². The molecule has 2 aromatic carbocycles. The first kappa shape index (κ1) is 23.1. The Labute approximate surface area is 177 Å². The molecule has 0 aromatic heterocycles. The Hall–Kier alpha value is -3.22. The number of esters is 2. The van der Waals surface area contributed by atoms with Crippen molar-refractivity contribution >= 4 is 17.6 Å². The summed E-state index contributed by atoms with van der Waals surface area (Å²) in [4.78, 5) is 23.0. The van der Waals surface area contributed by atoms with Gasteiger partial charge in [-0.3, -0.25) is 4.79 Å². The van der Waals surface area contributed by atoms with Gasteiger partial charge in [0.15, 0.2) is 0 Å². The van der Waals surface area contributed by atoms with Crippen LogP contribution in [0.15, 0.2) is 48.5 Å². The number of carbonyl (C=O) groups excluding carboxylic acids is 2. The van der Waals surface area contributed by atoms with Crippen LogP contribution in [0.25, 0.3) is 0 Å². The lowest BCUT2D eigenvalue weighted by atomic mass is 10.2. The lowest BCUT2D eigenvalue weighted by molar-refractivity contribution is -0.148. The van der Waals surface area contributed by atoms with E-state index in [0.29, 0.717) is 30.3 Å².